The summed E-state index contributed by atoms with van der Waals surface area (Å²) in [6.45, 7) is 2.52. The summed E-state index contributed by atoms with van der Waals surface area (Å²) in [5.41, 5.74) is 1.76. The van der Waals surface area contributed by atoms with Crippen LogP contribution in [0.4, 0.5) is 5.69 Å². The van der Waals surface area contributed by atoms with Crippen molar-refractivity contribution < 1.29 is 5.11 Å². The Morgan fingerprint density at radius 3 is 3.18 bits per heavy atom. The first-order valence-corrected chi connectivity index (χ1v) is 5.54. The molecule has 0 saturated carbocycles. The number of hydrogen-bond acceptors (Lipinski definition) is 5. The van der Waals surface area contributed by atoms with Crippen molar-refractivity contribution in [2.24, 2.45) is 0 Å². The average Bonchev–Trinajstić information content (AvgIpc) is 2.86. The SMILES string of the molecule is OCc1cc(N2CCn3cnnc3C2)ccn1. The number of aromatic nitrogens is 4. The molecule has 6 nitrogen and oxygen atoms in total. The van der Waals surface area contributed by atoms with Gasteiger partial charge in [-0.15, -0.1) is 10.2 Å². The molecule has 0 unspecified atom stereocenters. The van der Waals surface area contributed by atoms with Crippen LogP contribution in [0.3, 0.4) is 0 Å². The number of nitrogens with zero attached hydrogens (tertiary/aromatic N) is 5. The zero-order valence-electron chi connectivity index (χ0n) is 9.32. The third kappa shape index (κ3) is 1.87. The van der Waals surface area contributed by atoms with E-state index in [0.29, 0.717) is 5.69 Å². The third-order valence-corrected chi connectivity index (χ3v) is 2.97. The summed E-state index contributed by atoms with van der Waals surface area (Å²) in [4.78, 5) is 6.29. The molecule has 1 aliphatic rings. The first kappa shape index (κ1) is 10.2. The molecule has 88 valence electrons. The van der Waals surface area contributed by atoms with Gasteiger partial charge in [-0.05, 0) is 12.1 Å². The van der Waals surface area contributed by atoms with Crippen LogP contribution in [0.1, 0.15) is 11.5 Å². The molecule has 0 bridgehead atoms. The molecular formula is C11H13N5O. The molecule has 1 aliphatic heterocycles. The van der Waals surface area contributed by atoms with Gasteiger partial charge in [-0.2, -0.15) is 0 Å². The van der Waals surface area contributed by atoms with Gasteiger partial charge < -0.3 is 14.6 Å². The monoisotopic (exact) mass is 231 g/mol. The van der Waals surface area contributed by atoms with Gasteiger partial charge >= 0.3 is 0 Å². The Balaban J connectivity index is 1.86. The maximum Gasteiger partial charge on any atom is 0.152 e. The minimum atomic E-state index is -0.0299. The van der Waals surface area contributed by atoms with Gasteiger partial charge in [-0.3, -0.25) is 4.98 Å². The maximum absolute atomic E-state index is 9.08. The Morgan fingerprint density at radius 1 is 1.35 bits per heavy atom. The first-order valence-electron chi connectivity index (χ1n) is 5.54. The minimum Gasteiger partial charge on any atom is -0.390 e. The molecule has 0 radical (unpaired) electrons. The van der Waals surface area contributed by atoms with E-state index in [1.807, 2.05) is 12.1 Å². The van der Waals surface area contributed by atoms with E-state index in [-0.39, 0.29) is 6.61 Å². The van der Waals surface area contributed by atoms with Gasteiger partial charge in [0.1, 0.15) is 6.33 Å². The Kier molecular flexibility index (Phi) is 2.49. The molecule has 0 saturated heterocycles. The zero-order chi connectivity index (χ0) is 11.7. The van der Waals surface area contributed by atoms with Crippen molar-refractivity contribution in [1.29, 1.82) is 0 Å². The van der Waals surface area contributed by atoms with Crippen LogP contribution in [-0.2, 0) is 19.7 Å². The fraction of sp³-hybridized carbons (Fsp3) is 0.364. The van der Waals surface area contributed by atoms with Gasteiger partial charge in [0.2, 0.25) is 0 Å². The molecule has 17 heavy (non-hydrogen) atoms. The number of rotatable bonds is 2. The quantitative estimate of drug-likeness (QED) is 0.799. The van der Waals surface area contributed by atoms with Gasteiger partial charge in [0.15, 0.2) is 5.82 Å². The first-order chi connectivity index (χ1) is 8.36. The number of pyridine rings is 1. The van der Waals surface area contributed by atoms with E-state index in [9.17, 15) is 0 Å². The predicted molar refractivity (Wildman–Crippen MR) is 61.2 cm³/mol. The lowest BCUT2D eigenvalue weighted by atomic mass is 10.2. The molecule has 0 atom stereocenters. The van der Waals surface area contributed by atoms with Crippen molar-refractivity contribution >= 4 is 5.69 Å². The van der Waals surface area contributed by atoms with Crippen molar-refractivity contribution in [3.63, 3.8) is 0 Å². The average molecular weight is 231 g/mol. The smallest absolute Gasteiger partial charge is 0.152 e. The van der Waals surface area contributed by atoms with Crippen molar-refractivity contribution in [2.45, 2.75) is 19.7 Å². The number of anilines is 1. The van der Waals surface area contributed by atoms with Crippen LogP contribution in [0.15, 0.2) is 24.7 Å². The van der Waals surface area contributed by atoms with Gasteiger partial charge in [0.05, 0.1) is 18.8 Å². The Hall–Kier alpha value is -1.95. The Morgan fingerprint density at radius 2 is 2.29 bits per heavy atom. The summed E-state index contributed by atoms with van der Waals surface area (Å²) < 4.78 is 2.06. The second-order valence-electron chi connectivity index (χ2n) is 4.03. The highest BCUT2D eigenvalue weighted by Crippen LogP contribution is 2.19. The van der Waals surface area contributed by atoms with Crippen LogP contribution in [0.2, 0.25) is 0 Å². The standard InChI is InChI=1S/C11H13N5O/c17-7-9-5-10(1-2-12-9)15-3-4-16-8-13-14-11(16)6-15/h1-2,5,8,17H,3-4,6-7H2. The molecule has 0 fully saturated rings. The molecule has 0 aromatic carbocycles. The van der Waals surface area contributed by atoms with Gasteiger partial charge in [0.25, 0.3) is 0 Å². The zero-order valence-corrected chi connectivity index (χ0v) is 9.32. The van der Waals surface area contributed by atoms with E-state index in [1.165, 1.54) is 0 Å². The van der Waals surface area contributed by atoms with Gasteiger partial charge in [-0.1, -0.05) is 0 Å². The number of fused-ring (bicyclic) bond motifs is 1. The van der Waals surface area contributed by atoms with Crippen molar-refractivity contribution in [3.8, 4) is 0 Å². The third-order valence-electron chi connectivity index (χ3n) is 2.97. The number of aliphatic hydroxyl groups is 1. The van der Waals surface area contributed by atoms with Crippen molar-refractivity contribution in [2.75, 3.05) is 11.4 Å². The summed E-state index contributed by atoms with van der Waals surface area (Å²) in [5, 5.41) is 17.1. The molecule has 1 N–H and O–H groups in total. The van der Waals surface area contributed by atoms with E-state index in [4.69, 9.17) is 5.11 Å². The second-order valence-corrected chi connectivity index (χ2v) is 4.03. The second kappa shape index (κ2) is 4.14. The summed E-state index contributed by atoms with van der Waals surface area (Å²) in [6.07, 6.45) is 3.48. The van der Waals surface area contributed by atoms with Crippen LogP contribution >= 0.6 is 0 Å². The van der Waals surface area contributed by atoms with Crippen LogP contribution in [-0.4, -0.2) is 31.4 Å². The molecule has 3 heterocycles. The minimum absolute atomic E-state index is 0.0299. The molecule has 0 aliphatic carbocycles. The summed E-state index contributed by atoms with van der Waals surface area (Å²) in [7, 11) is 0. The van der Waals surface area contributed by atoms with Crippen LogP contribution in [0.5, 0.6) is 0 Å². The van der Waals surface area contributed by atoms with Crippen molar-refractivity contribution in [1.82, 2.24) is 19.7 Å². The van der Waals surface area contributed by atoms with Gasteiger partial charge in [0, 0.05) is 25.0 Å². The summed E-state index contributed by atoms with van der Waals surface area (Å²) in [5.74, 6) is 0.971. The Labute approximate surface area is 98.5 Å². The molecule has 0 amide bonds. The highest BCUT2D eigenvalue weighted by atomic mass is 16.3. The van der Waals surface area contributed by atoms with Crippen LogP contribution in [0.25, 0.3) is 0 Å². The Bertz CT molecular complexity index is 524. The predicted octanol–water partition coefficient (Wildman–Crippen LogP) is 0.186. The fourth-order valence-corrected chi connectivity index (χ4v) is 2.04. The summed E-state index contributed by atoms with van der Waals surface area (Å²) in [6, 6.07) is 3.86. The normalized spacial score (nSPS) is 14.8. The van der Waals surface area contributed by atoms with Crippen LogP contribution < -0.4 is 4.90 Å². The number of hydrogen-bond donors (Lipinski definition) is 1. The molecule has 0 spiro atoms. The highest BCUT2D eigenvalue weighted by Gasteiger charge is 2.17. The topological polar surface area (TPSA) is 67.1 Å². The van der Waals surface area contributed by atoms with E-state index in [2.05, 4.69) is 24.6 Å². The molecule has 6 heteroatoms. The molecule has 2 aromatic rings. The lowest BCUT2D eigenvalue weighted by Crippen LogP contribution is -2.33. The van der Waals surface area contributed by atoms with E-state index in [1.54, 1.807) is 12.5 Å². The lowest BCUT2D eigenvalue weighted by Gasteiger charge is -2.29. The lowest BCUT2D eigenvalue weighted by molar-refractivity contribution is 0.277. The van der Waals surface area contributed by atoms with E-state index in [0.717, 1.165) is 31.1 Å². The highest BCUT2D eigenvalue weighted by molar-refractivity contribution is 5.46. The van der Waals surface area contributed by atoms with Gasteiger partial charge in [-0.25, -0.2) is 0 Å². The van der Waals surface area contributed by atoms with Crippen molar-refractivity contribution in [3.05, 3.63) is 36.2 Å². The van der Waals surface area contributed by atoms with E-state index < -0.39 is 0 Å². The summed E-state index contributed by atoms with van der Waals surface area (Å²) >= 11 is 0. The molecule has 3 rings (SSSR count). The largest absolute Gasteiger partial charge is 0.390 e. The molecular weight excluding hydrogens is 218 g/mol. The number of aliphatic hydroxyl groups excluding tert-OH is 1. The fourth-order valence-electron chi connectivity index (χ4n) is 2.04. The van der Waals surface area contributed by atoms with Crippen LogP contribution in [0, 0.1) is 0 Å². The molecule has 2 aromatic heterocycles. The van der Waals surface area contributed by atoms with E-state index >= 15 is 0 Å². The maximum atomic E-state index is 9.08.